The van der Waals surface area contributed by atoms with Gasteiger partial charge in [-0.05, 0) is 44.4 Å². The van der Waals surface area contributed by atoms with Crippen molar-refractivity contribution in [3.8, 4) is 0 Å². The molecule has 0 bridgehead atoms. The molecule has 102 valence electrons. The molecule has 1 heterocycles. The number of nitrogens with one attached hydrogen (secondary N) is 1. The molecule has 18 heavy (non-hydrogen) atoms. The van der Waals surface area contributed by atoms with E-state index in [0.29, 0.717) is 6.61 Å². The largest absolute Gasteiger partial charge is 0.379 e. The predicted octanol–water partition coefficient (Wildman–Crippen LogP) is 3.17. The van der Waals surface area contributed by atoms with Gasteiger partial charge in [-0.3, -0.25) is 4.98 Å². The molecular weight excluding hydrogens is 224 g/mol. The summed E-state index contributed by atoms with van der Waals surface area (Å²) in [6, 6.07) is 2.39. The smallest absolute Gasteiger partial charge is 0.0735 e. The first-order chi connectivity index (χ1) is 8.69. The Hall–Kier alpha value is -0.930. The van der Waals surface area contributed by atoms with Crippen LogP contribution in [0.5, 0.6) is 0 Å². The normalized spacial score (nSPS) is 12.7. The molecule has 0 aliphatic carbocycles. The minimum Gasteiger partial charge on any atom is -0.379 e. The Bertz CT molecular complexity index is 352. The van der Waals surface area contributed by atoms with Crippen LogP contribution in [0.25, 0.3) is 0 Å². The summed E-state index contributed by atoms with van der Waals surface area (Å²) in [5.74, 6) is 0. The summed E-state index contributed by atoms with van der Waals surface area (Å²) in [6.07, 6.45) is 4.11. The molecule has 0 aliphatic heterocycles. The Morgan fingerprint density at radius 1 is 1.28 bits per heavy atom. The zero-order valence-electron chi connectivity index (χ0n) is 12.1. The summed E-state index contributed by atoms with van der Waals surface area (Å²) in [6.45, 7) is 11.0. The number of hydrogen-bond acceptors (Lipinski definition) is 3. The highest BCUT2D eigenvalue weighted by Crippen LogP contribution is 2.16. The van der Waals surface area contributed by atoms with Crippen molar-refractivity contribution in [2.24, 2.45) is 0 Å². The van der Waals surface area contributed by atoms with Crippen molar-refractivity contribution >= 4 is 0 Å². The first-order valence-corrected chi connectivity index (χ1v) is 6.93. The fraction of sp³-hybridized carbons (Fsp3) is 0.667. The number of nitrogens with zero attached hydrogens (tertiary/aromatic N) is 1. The van der Waals surface area contributed by atoms with E-state index in [1.165, 1.54) is 11.1 Å². The molecule has 0 saturated heterocycles. The van der Waals surface area contributed by atoms with Gasteiger partial charge in [-0.1, -0.05) is 19.9 Å². The lowest BCUT2D eigenvalue weighted by Gasteiger charge is -2.20. The van der Waals surface area contributed by atoms with Crippen LogP contribution in [0.1, 0.15) is 49.6 Å². The van der Waals surface area contributed by atoms with Crippen molar-refractivity contribution in [3.05, 3.63) is 29.1 Å². The molecule has 1 aromatic heterocycles. The van der Waals surface area contributed by atoms with Gasteiger partial charge in [-0.25, -0.2) is 0 Å². The molecule has 0 aliphatic rings. The average Bonchev–Trinajstić information content (AvgIpc) is 2.34. The Morgan fingerprint density at radius 3 is 2.67 bits per heavy atom. The maximum Gasteiger partial charge on any atom is 0.0735 e. The topological polar surface area (TPSA) is 34.1 Å². The van der Waals surface area contributed by atoms with Crippen LogP contribution in [-0.4, -0.2) is 24.7 Å². The summed E-state index contributed by atoms with van der Waals surface area (Å²) in [7, 11) is 0. The molecule has 0 amide bonds. The van der Waals surface area contributed by atoms with Crippen LogP contribution in [0, 0.1) is 13.8 Å². The van der Waals surface area contributed by atoms with E-state index in [9.17, 15) is 0 Å². The monoisotopic (exact) mass is 250 g/mol. The number of hydrogen-bond donors (Lipinski definition) is 1. The lowest BCUT2D eigenvalue weighted by atomic mass is 10.1. The fourth-order valence-electron chi connectivity index (χ4n) is 1.99. The first-order valence-electron chi connectivity index (χ1n) is 6.93. The van der Waals surface area contributed by atoms with Crippen molar-refractivity contribution in [2.45, 2.75) is 46.6 Å². The van der Waals surface area contributed by atoms with E-state index >= 15 is 0 Å². The second-order valence-electron chi connectivity index (χ2n) is 4.80. The van der Waals surface area contributed by atoms with E-state index < -0.39 is 0 Å². The summed E-state index contributed by atoms with van der Waals surface area (Å²) in [5.41, 5.74) is 3.56. The molecule has 3 nitrogen and oxygen atoms in total. The Balaban J connectivity index is 2.73. The van der Waals surface area contributed by atoms with Crippen molar-refractivity contribution in [1.82, 2.24) is 10.3 Å². The first kappa shape index (κ1) is 15.1. The van der Waals surface area contributed by atoms with Crippen molar-refractivity contribution in [1.29, 1.82) is 0 Å². The second kappa shape index (κ2) is 8.22. The maximum atomic E-state index is 5.68. The van der Waals surface area contributed by atoms with E-state index in [1.807, 2.05) is 6.20 Å². The standard InChI is InChI=1S/C15H26N2O/c1-5-7-16-14(11-18-8-6-2)15-13(4)9-12(3)10-17-15/h9-10,14,16H,5-8,11H2,1-4H3. The number of aryl methyl sites for hydroxylation is 2. The van der Waals surface area contributed by atoms with Gasteiger partial charge in [0.2, 0.25) is 0 Å². The third kappa shape index (κ3) is 4.75. The highest BCUT2D eigenvalue weighted by Gasteiger charge is 2.14. The molecule has 1 atom stereocenters. The van der Waals surface area contributed by atoms with Crippen LogP contribution in [0.15, 0.2) is 12.3 Å². The molecule has 1 unspecified atom stereocenters. The van der Waals surface area contributed by atoms with Gasteiger partial charge in [0, 0.05) is 12.8 Å². The molecule has 0 fully saturated rings. The predicted molar refractivity (Wildman–Crippen MR) is 75.9 cm³/mol. The van der Waals surface area contributed by atoms with Crippen LogP contribution < -0.4 is 5.32 Å². The Labute approximate surface area is 111 Å². The summed E-state index contributed by atoms with van der Waals surface area (Å²) >= 11 is 0. The van der Waals surface area contributed by atoms with Crippen molar-refractivity contribution in [3.63, 3.8) is 0 Å². The molecule has 1 aromatic rings. The minimum absolute atomic E-state index is 0.206. The quantitative estimate of drug-likeness (QED) is 0.720. The number of pyridine rings is 1. The third-order valence-electron chi connectivity index (χ3n) is 2.86. The zero-order chi connectivity index (χ0) is 13.4. The van der Waals surface area contributed by atoms with E-state index in [2.05, 4.69) is 44.1 Å². The lowest BCUT2D eigenvalue weighted by Crippen LogP contribution is -2.28. The van der Waals surface area contributed by atoms with Crippen LogP contribution in [0.4, 0.5) is 0 Å². The number of ether oxygens (including phenoxy) is 1. The van der Waals surface area contributed by atoms with Crippen LogP contribution in [0.2, 0.25) is 0 Å². The van der Waals surface area contributed by atoms with E-state index in [0.717, 1.165) is 31.7 Å². The Kier molecular flexibility index (Phi) is 6.91. The van der Waals surface area contributed by atoms with Crippen LogP contribution >= 0.6 is 0 Å². The molecule has 1 N–H and O–H groups in total. The second-order valence-corrected chi connectivity index (χ2v) is 4.80. The summed E-state index contributed by atoms with van der Waals surface area (Å²) in [5, 5.41) is 3.52. The van der Waals surface area contributed by atoms with Gasteiger partial charge in [0.25, 0.3) is 0 Å². The average molecular weight is 250 g/mol. The number of aromatic nitrogens is 1. The molecule has 0 radical (unpaired) electrons. The molecule has 0 saturated carbocycles. The van der Waals surface area contributed by atoms with Gasteiger partial charge >= 0.3 is 0 Å². The molecular formula is C15H26N2O. The van der Waals surface area contributed by atoms with Crippen molar-refractivity contribution in [2.75, 3.05) is 19.8 Å². The van der Waals surface area contributed by atoms with Gasteiger partial charge in [0.05, 0.1) is 18.3 Å². The molecule has 3 heteroatoms. The fourth-order valence-corrected chi connectivity index (χ4v) is 1.99. The number of rotatable bonds is 8. The lowest BCUT2D eigenvalue weighted by molar-refractivity contribution is 0.110. The summed E-state index contributed by atoms with van der Waals surface area (Å²) in [4.78, 5) is 4.57. The van der Waals surface area contributed by atoms with Gasteiger partial charge in [0.1, 0.15) is 0 Å². The van der Waals surface area contributed by atoms with E-state index in [-0.39, 0.29) is 6.04 Å². The van der Waals surface area contributed by atoms with Gasteiger partial charge in [-0.15, -0.1) is 0 Å². The highest BCUT2D eigenvalue weighted by molar-refractivity contribution is 5.25. The molecule has 0 spiro atoms. The third-order valence-corrected chi connectivity index (χ3v) is 2.86. The maximum absolute atomic E-state index is 5.68. The van der Waals surface area contributed by atoms with Crippen molar-refractivity contribution < 1.29 is 4.74 Å². The van der Waals surface area contributed by atoms with E-state index in [1.54, 1.807) is 0 Å². The summed E-state index contributed by atoms with van der Waals surface area (Å²) < 4.78 is 5.68. The zero-order valence-corrected chi connectivity index (χ0v) is 12.1. The molecule has 0 aromatic carbocycles. The highest BCUT2D eigenvalue weighted by atomic mass is 16.5. The Morgan fingerprint density at radius 2 is 2.06 bits per heavy atom. The van der Waals surface area contributed by atoms with E-state index in [4.69, 9.17) is 4.74 Å². The van der Waals surface area contributed by atoms with Crippen LogP contribution in [0.3, 0.4) is 0 Å². The van der Waals surface area contributed by atoms with Gasteiger partial charge in [0.15, 0.2) is 0 Å². The van der Waals surface area contributed by atoms with Gasteiger partial charge < -0.3 is 10.1 Å². The van der Waals surface area contributed by atoms with Crippen LogP contribution in [-0.2, 0) is 4.74 Å². The minimum atomic E-state index is 0.206. The van der Waals surface area contributed by atoms with Gasteiger partial charge in [-0.2, -0.15) is 0 Å². The molecule has 1 rings (SSSR count). The SMILES string of the molecule is CCCNC(COCCC)c1ncc(C)cc1C.